The number of nitrogens with one attached hydrogen (secondary N) is 1. The van der Waals surface area contributed by atoms with E-state index in [1.807, 2.05) is 27.2 Å². The molecule has 0 rings (SSSR count). The molecule has 0 spiro atoms. The molecule has 3 atom stereocenters. The summed E-state index contributed by atoms with van der Waals surface area (Å²) in [5, 5.41) is 13.9. The van der Waals surface area contributed by atoms with E-state index in [9.17, 15) is 19.4 Å². The third-order valence-electron chi connectivity index (χ3n) is 12.9. The second kappa shape index (κ2) is 48.0. The second-order valence-electron chi connectivity index (χ2n) is 20.6. The third-order valence-corrected chi connectivity index (χ3v) is 13.9. The van der Waals surface area contributed by atoms with Crippen molar-refractivity contribution in [3.8, 4) is 0 Å². The number of unbranched alkanes of at least 4 members (excludes halogenated alkanes) is 37. The lowest BCUT2D eigenvalue weighted by molar-refractivity contribution is -0.870. The van der Waals surface area contributed by atoms with Gasteiger partial charge in [0.2, 0.25) is 5.91 Å². The number of rotatable bonds is 52. The van der Waals surface area contributed by atoms with Gasteiger partial charge in [-0.3, -0.25) is 9.36 Å². The molecule has 0 saturated carbocycles. The number of likely N-dealkylation sites (N-methyl/N-ethyl adjacent to an activating group) is 1. The van der Waals surface area contributed by atoms with Crippen LogP contribution < -0.4 is 10.2 Å². The van der Waals surface area contributed by atoms with E-state index in [1.165, 1.54) is 218 Å². The van der Waals surface area contributed by atoms with E-state index in [2.05, 4.69) is 31.3 Å². The zero-order valence-corrected chi connectivity index (χ0v) is 44.9. The van der Waals surface area contributed by atoms with Crippen molar-refractivity contribution in [2.75, 3.05) is 40.9 Å². The zero-order valence-electron chi connectivity index (χ0n) is 44.0. The van der Waals surface area contributed by atoms with E-state index in [4.69, 9.17) is 9.05 Å². The van der Waals surface area contributed by atoms with Crippen LogP contribution in [0, 0.1) is 0 Å². The lowest BCUT2D eigenvalue weighted by atomic mass is 10.0. The van der Waals surface area contributed by atoms with Gasteiger partial charge in [0.25, 0.3) is 7.82 Å². The second-order valence-corrected chi connectivity index (χ2v) is 22.1. The number of quaternary nitrogens is 1. The van der Waals surface area contributed by atoms with Gasteiger partial charge in [-0.2, -0.15) is 0 Å². The summed E-state index contributed by atoms with van der Waals surface area (Å²) in [7, 11) is 1.26. The zero-order chi connectivity index (χ0) is 47.8. The fourth-order valence-electron chi connectivity index (χ4n) is 8.47. The van der Waals surface area contributed by atoms with Crippen molar-refractivity contribution in [2.24, 2.45) is 0 Å². The number of carbonyl (C=O) groups excluding carboxylic acids is 1. The number of phosphoric ester groups is 1. The van der Waals surface area contributed by atoms with Crippen LogP contribution in [0.3, 0.4) is 0 Å². The monoisotopic (exact) mass is 939 g/mol. The Kier molecular flexibility index (Phi) is 47.3. The average Bonchev–Trinajstić information content (AvgIpc) is 3.26. The molecule has 0 aromatic carbocycles. The van der Waals surface area contributed by atoms with Crippen molar-refractivity contribution in [3.63, 3.8) is 0 Å². The Bertz CT molecular complexity index is 1110. The van der Waals surface area contributed by atoms with Crippen molar-refractivity contribution in [3.05, 3.63) is 24.3 Å². The highest BCUT2D eigenvalue weighted by Crippen LogP contribution is 2.38. The quantitative estimate of drug-likeness (QED) is 0.0272. The maximum atomic E-state index is 12.9. The Morgan fingerprint density at radius 1 is 0.523 bits per heavy atom. The molecule has 0 fully saturated rings. The van der Waals surface area contributed by atoms with E-state index in [-0.39, 0.29) is 19.1 Å². The van der Waals surface area contributed by atoms with Gasteiger partial charge in [0.15, 0.2) is 0 Å². The summed E-state index contributed by atoms with van der Waals surface area (Å²) >= 11 is 0. The first-order valence-corrected chi connectivity index (χ1v) is 29.7. The molecule has 3 unspecified atom stereocenters. The lowest BCUT2D eigenvalue weighted by Crippen LogP contribution is -2.45. The number of nitrogens with zero attached hydrogens (tertiary/aromatic N) is 1. The Labute approximate surface area is 404 Å². The van der Waals surface area contributed by atoms with E-state index in [0.29, 0.717) is 17.4 Å². The number of carbonyl (C=O) groups is 1. The topological polar surface area (TPSA) is 108 Å². The summed E-state index contributed by atoms with van der Waals surface area (Å²) in [5.74, 6) is -0.201. The van der Waals surface area contributed by atoms with Crippen molar-refractivity contribution < 1.29 is 32.9 Å². The van der Waals surface area contributed by atoms with Crippen LogP contribution in [-0.2, 0) is 18.4 Å². The van der Waals surface area contributed by atoms with Crippen LogP contribution >= 0.6 is 7.82 Å². The van der Waals surface area contributed by atoms with Crippen molar-refractivity contribution in [1.29, 1.82) is 0 Å². The van der Waals surface area contributed by atoms with Crippen LogP contribution in [0.25, 0.3) is 0 Å². The van der Waals surface area contributed by atoms with Crippen molar-refractivity contribution in [1.82, 2.24) is 5.32 Å². The summed E-state index contributed by atoms with van der Waals surface area (Å²) in [6.45, 7) is 4.67. The van der Waals surface area contributed by atoms with Crippen molar-refractivity contribution in [2.45, 2.75) is 289 Å². The highest BCUT2D eigenvalue weighted by atomic mass is 31.2. The first kappa shape index (κ1) is 64.0. The standard InChI is InChI=1S/C56H111N2O6P/c1-6-8-10-12-14-16-18-20-22-24-26-27-28-29-30-32-34-36-38-40-42-44-46-48-50-56(60)57-54(53-64-65(61,62)63-52-51-58(3,4)5)55(59)49-47-45-43-41-39-37-35-33-31-25-23-21-19-17-15-13-11-9-7-2/h39,41,47,49,54-55,59H,6-38,40,42-46,48,50-53H2,1-5H3,(H-,57,60,61,62)/b41-39+,49-47+. The lowest BCUT2D eigenvalue weighted by Gasteiger charge is -2.29. The number of hydrogen-bond donors (Lipinski definition) is 2. The molecule has 0 aliphatic rings. The molecule has 2 N–H and O–H groups in total. The number of aliphatic hydroxyl groups excluding tert-OH is 1. The number of amides is 1. The molecule has 386 valence electrons. The SMILES string of the molecule is CCCCCCCCCCCCCCC/C=C/CC/C=C/C(O)C(COP(=O)([O-])OCC[N+](C)(C)C)NC(=O)CCCCCCCCCCCCCCCCCCCCCCCCCC. The summed E-state index contributed by atoms with van der Waals surface area (Å²) in [6, 6.07) is -0.900. The first-order valence-electron chi connectivity index (χ1n) is 28.2. The maximum Gasteiger partial charge on any atom is 0.268 e. The number of allylic oxidation sites excluding steroid dienone is 3. The fraction of sp³-hybridized carbons (Fsp3) is 0.911. The summed E-state index contributed by atoms with van der Waals surface area (Å²) in [6.07, 6.45) is 59.7. The van der Waals surface area contributed by atoms with Gasteiger partial charge in [-0.05, 0) is 32.1 Å². The highest BCUT2D eigenvalue weighted by molar-refractivity contribution is 7.45. The number of hydrogen-bond acceptors (Lipinski definition) is 6. The molecule has 0 heterocycles. The van der Waals surface area contributed by atoms with Gasteiger partial charge in [-0.15, -0.1) is 0 Å². The summed E-state index contributed by atoms with van der Waals surface area (Å²) in [5.41, 5.74) is 0. The van der Waals surface area contributed by atoms with Gasteiger partial charge in [-0.25, -0.2) is 0 Å². The van der Waals surface area contributed by atoms with Crippen molar-refractivity contribution >= 4 is 13.7 Å². The van der Waals surface area contributed by atoms with Gasteiger partial charge >= 0.3 is 0 Å². The Balaban J connectivity index is 4.22. The molecule has 0 bridgehead atoms. The van der Waals surface area contributed by atoms with Crippen LogP contribution in [0.1, 0.15) is 277 Å². The molecule has 0 aliphatic heterocycles. The smallest absolute Gasteiger partial charge is 0.268 e. The minimum atomic E-state index is -4.60. The molecular weight excluding hydrogens is 828 g/mol. The largest absolute Gasteiger partial charge is 0.756 e. The third kappa shape index (κ3) is 50.7. The summed E-state index contributed by atoms with van der Waals surface area (Å²) < 4.78 is 23.3. The van der Waals surface area contributed by atoms with Crippen LogP contribution in [0.5, 0.6) is 0 Å². The Morgan fingerprint density at radius 3 is 1.25 bits per heavy atom. The van der Waals surface area contributed by atoms with Gasteiger partial charge in [0, 0.05) is 6.42 Å². The minimum absolute atomic E-state index is 0.00377. The predicted molar refractivity (Wildman–Crippen MR) is 279 cm³/mol. The summed E-state index contributed by atoms with van der Waals surface area (Å²) in [4.78, 5) is 25.5. The first-order chi connectivity index (χ1) is 31.5. The van der Waals surface area contributed by atoms with E-state index < -0.39 is 20.0 Å². The molecule has 0 aliphatic carbocycles. The molecule has 1 amide bonds. The minimum Gasteiger partial charge on any atom is -0.756 e. The predicted octanol–water partition coefficient (Wildman–Crippen LogP) is 16.2. The molecule has 9 heteroatoms. The molecule has 8 nitrogen and oxygen atoms in total. The molecule has 65 heavy (non-hydrogen) atoms. The normalized spacial score (nSPS) is 14.1. The van der Waals surface area contributed by atoms with E-state index in [0.717, 1.165) is 38.5 Å². The van der Waals surface area contributed by atoms with Gasteiger partial charge in [0.05, 0.1) is 39.9 Å². The van der Waals surface area contributed by atoms with Crippen LogP contribution in [0.2, 0.25) is 0 Å². The van der Waals surface area contributed by atoms with Crippen LogP contribution in [0.15, 0.2) is 24.3 Å². The molecule has 0 saturated heterocycles. The maximum absolute atomic E-state index is 12.9. The van der Waals surface area contributed by atoms with E-state index in [1.54, 1.807) is 6.08 Å². The average molecular weight is 939 g/mol. The van der Waals surface area contributed by atoms with Crippen LogP contribution in [-0.4, -0.2) is 68.5 Å². The number of aliphatic hydroxyl groups is 1. The van der Waals surface area contributed by atoms with Gasteiger partial charge < -0.3 is 28.8 Å². The van der Waals surface area contributed by atoms with E-state index >= 15 is 0 Å². The molecule has 0 aromatic heterocycles. The van der Waals surface area contributed by atoms with Crippen LogP contribution in [0.4, 0.5) is 0 Å². The fourth-order valence-corrected chi connectivity index (χ4v) is 9.19. The molecule has 0 aromatic rings. The Morgan fingerprint density at radius 2 is 0.862 bits per heavy atom. The highest BCUT2D eigenvalue weighted by Gasteiger charge is 2.23. The Hall–Kier alpha value is -1.02. The molecule has 0 radical (unpaired) electrons. The van der Waals surface area contributed by atoms with Gasteiger partial charge in [0.1, 0.15) is 13.2 Å². The number of phosphoric acid groups is 1. The molecular formula is C56H111N2O6P. The van der Waals surface area contributed by atoms with Gasteiger partial charge in [-0.1, -0.05) is 263 Å².